The molecule has 174 valence electrons. The smallest absolute Gasteiger partial charge is 0.244 e. The van der Waals surface area contributed by atoms with E-state index in [1.807, 2.05) is 20.2 Å². The number of sulfonamides is 1. The first-order valence-electron chi connectivity index (χ1n) is 11.4. The van der Waals surface area contributed by atoms with E-state index < -0.39 is 10.0 Å². The van der Waals surface area contributed by atoms with E-state index in [2.05, 4.69) is 63.7 Å². The van der Waals surface area contributed by atoms with Crippen LogP contribution >= 0.6 is 0 Å². The van der Waals surface area contributed by atoms with Gasteiger partial charge in [-0.05, 0) is 60.6 Å². The lowest BCUT2D eigenvalue weighted by Crippen LogP contribution is -2.38. The molecule has 0 unspecified atom stereocenters. The molecule has 7 heteroatoms. The second-order valence-electron chi connectivity index (χ2n) is 8.83. The quantitative estimate of drug-likeness (QED) is 0.535. The first-order valence-corrected chi connectivity index (χ1v) is 12.9. The summed E-state index contributed by atoms with van der Waals surface area (Å²) in [6.07, 6.45) is 4.24. The van der Waals surface area contributed by atoms with Crippen LogP contribution in [0, 0.1) is 5.92 Å². The molecule has 0 aliphatic carbocycles. The number of aromatic nitrogens is 1. The van der Waals surface area contributed by atoms with Gasteiger partial charge >= 0.3 is 0 Å². The summed E-state index contributed by atoms with van der Waals surface area (Å²) in [6.45, 7) is 1.74. The van der Waals surface area contributed by atoms with Crippen molar-refractivity contribution in [1.82, 2.24) is 9.29 Å². The van der Waals surface area contributed by atoms with E-state index in [0.717, 1.165) is 30.5 Å². The van der Waals surface area contributed by atoms with Crippen molar-refractivity contribution in [1.29, 1.82) is 0 Å². The van der Waals surface area contributed by atoms with Crippen LogP contribution in [0.1, 0.15) is 24.0 Å². The van der Waals surface area contributed by atoms with Gasteiger partial charge in [-0.2, -0.15) is 4.31 Å². The molecule has 2 aromatic carbocycles. The third kappa shape index (κ3) is 5.92. The molecule has 1 fully saturated rings. The number of nitrogens with one attached hydrogen (secondary N) is 1. The molecule has 3 aromatic rings. The van der Waals surface area contributed by atoms with Crippen molar-refractivity contribution in [3.63, 3.8) is 0 Å². The van der Waals surface area contributed by atoms with Gasteiger partial charge in [-0.1, -0.05) is 42.5 Å². The molecule has 1 aromatic heterocycles. The van der Waals surface area contributed by atoms with E-state index in [4.69, 9.17) is 0 Å². The van der Waals surface area contributed by atoms with Gasteiger partial charge in [0.05, 0.1) is 0 Å². The predicted octanol–water partition coefficient (Wildman–Crippen LogP) is 4.40. The number of nitrogens with zero attached hydrogens (tertiary/aromatic N) is 3. The Balaban J connectivity index is 1.31. The summed E-state index contributed by atoms with van der Waals surface area (Å²) in [6, 6.07) is 22.1. The van der Waals surface area contributed by atoms with Crippen molar-refractivity contribution in [3.05, 3.63) is 84.1 Å². The molecule has 0 atom stereocenters. The van der Waals surface area contributed by atoms with Crippen LogP contribution in [0.15, 0.2) is 77.8 Å². The Morgan fingerprint density at radius 1 is 0.939 bits per heavy atom. The zero-order valence-corrected chi connectivity index (χ0v) is 20.1. The molecule has 0 amide bonds. The highest BCUT2D eigenvalue weighted by atomic mass is 32.2. The number of benzene rings is 2. The normalized spacial score (nSPS) is 15.3. The lowest BCUT2D eigenvalue weighted by atomic mass is 9.91. The van der Waals surface area contributed by atoms with Crippen LogP contribution in [0.5, 0.6) is 0 Å². The van der Waals surface area contributed by atoms with Crippen LogP contribution in [0.3, 0.4) is 0 Å². The Labute approximate surface area is 197 Å². The minimum absolute atomic E-state index is 0.255. The van der Waals surface area contributed by atoms with Crippen molar-refractivity contribution in [2.75, 3.05) is 37.4 Å². The molecule has 0 saturated carbocycles. The minimum atomic E-state index is -3.52. The highest BCUT2D eigenvalue weighted by Gasteiger charge is 2.29. The predicted molar refractivity (Wildman–Crippen MR) is 134 cm³/mol. The number of piperidine rings is 1. The topological polar surface area (TPSA) is 65.5 Å². The molecule has 1 N–H and O–H groups in total. The number of rotatable bonds is 8. The molecule has 4 rings (SSSR count). The molecular weight excluding hydrogens is 432 g/mol. The summed E-state index contributed by atoms with van der Waals surface area (Å²) < 4.78 is 27.8. The fourth-order valence-corrected chi connectivity index (χ4v) is 5.61. The molecule has 2 heterocycles. The lowest BCUT2D eigenvalue weighted by molar-refractivity contribution is 0.273. The van der Waals surface area contributed by atoms with Gasteiger partial charge in [0.2, 0.25) is 10.0 Å². The Morgan fingerprint density at radius 3 is 2.24 bits per heavy atom. The van der Waals surface area contributed by atoms with Crippen molar-refractivity contribution in [2.45, 2.75) is 30.7 Å². The molecule has 33 heavy (non-hydrogen) atoms. The maximum atomic E-state index is 13.1. The third-order valence-electron chi connectivity index (χ3n) is 6.24. The Morgan fingerprint density at radius 2 is 1.64 bits per heavy atom. The Hall–Kier alpha value is -2.90. The molecule has 6 nitrogen and oxygen atoms in total. The first-order chi connectivity index (χ1) is 15.9. The zero-order valence-electron chi connectivity index (χ0n) is 19.3. The average molecular weight is 465 g/mol. The second kappa shape index (κ2) is 10.4. The number of hydrogen-bond acceptors (Lipinski definition) is 5. The maximum absolute atomic E-state index is 13.1. The van der Waals surface area contributed by atoms with Gasteiger partial charge < -0.3 is 10.2 Å². The van der Waals surface area contributed by atoms with Gasteiger partial charge in [-0.3, -0.25) is 0 Å². The number of anilines is 2. The highest BCUT2D eigenvalue weighted by Crippen LogP contribution is 2.26. The van der Waals surface area contributed by atoms with Gasteiger partial charge in [0.15, 0.2) is 0 Å². The third-order valence-corrected chi connectivity index (χ3v) is 8.12. The fourth-order valence-electron chi connectivity index (χ4n) is 4.19. The lowest BCUT2D eigenvalue weighted by Gasteiger charge is -2.31. The van der Waals surface area contributed by atoms with E-state index in [0.29, 0.717) is 31.4 Å². The van der Waals surface area contributed by atoms with E-state index >= 15 is 0 Å². The Kier molecular flexibility index (Phi) is 7.30. The van der Waals surface area contributed by atoms with Gasteiger partial charge in [0.25, 0.3) is 0 Å². The van der Waals surface area contributed by atoms with Crippen molar-refractivity contribution >= 4 is 21.5 Å². The number of hydrogen-bond donors (Lipinski definition) is 1. The van der Waals surface area contributed by atoms with Crippen LogP contribution in [-0.4, -0.2) is 44.9 Å². The molecule has 1 aliphatic heterocycles. The van der Waals surface area contributed by atoms with Crippen LogP contribution in [0.2, 0.25) is 0 Å². The molecular formula is C26H32N4O2S. The first kappa shape index (κ1) is 23.3. The van der Waals surface area contributed by atoms with E-state index in [9.17, 15) is 8.42 Å². The van der Waals surface area contributed by atoms with Crippen molar-refractivity contribution < 1.29 is 8.42 Å². The molecule has 1 saturated heterocycles. The summed E-state index contributed by atoms with van der Waals surface area (Å²) in [5.74, 6) is 1.18. The highest BCUT2D eigenvalue weighted by molar-refractivity contribution is 7.89. The summed E-state index contributed by atoms with van der Waals surface area (Å²) in [7, 11) is 0.511. The molecule has 0 spiro atoms. The number of pyridine rings is 1. The van der Waals surface area contributed by atoms with Crippen LogP contribution in [0.4, 0.5) is 11.5 Å². The van der Waals surface area contributed by atoms with Crippen LogP contribution in [-0.2, 0) is 23.0 Å². The van der Waals surface area contributed by atoms with Gasteiger partial charge in [0, 0.05) is 45.6 Å². The van der Waals surface area contributed by atoms with Crippen LogP contribution < -0.4 is 10.2 Å². The molecule has 0 radical (unpaired) electrons. The van der Waals surface area contributed by atoms with Crippen LogP contribution in [0.25, 0.3) is 0 Å². The van der Waals surface area contributed by atoms with E-state index in [-0.39, 0.29) is 4.90 Å². The summed E-state index contributed by atoms with van der Waals surface area (Å²) in [5.41, 5.74) is 3.60. The standard InChI is InChI=1S/C26H32N4O2S/c1-29(2)24-10-8-23(9-11-24)19-27-26-13-12-25(20-28-26)33(31,32)30-16-14-22(15-17-30)18-21-6-4-3-5-7-21/h3-13,20,22H,14-19H2,1-2H3,(H,27,28). The second-order valence-corrected chi connectivity index (χ2v) is 10.8. The minimum Gasteiger partial charge on any atom is -0.378 e. The van der Waals surface area contributed by atoms with E-state index in [1.165, 1.54) is 11.8 Å². The largest absolute Gasteiger partial charge is 0.378 e. The maximum Gasteiger partial charge on any atom is 0.244 e. The average Bonchev–Trinajstić information content (AvgIpc) is 2.84. The zero-order chi connectivity index (χ0) is 23.3. The SMILES string of the molecule is CN(C)c1ccc(CNc2ccc(S(=O)(=O)N3CCC(Cc4ccccc4)CC3)cn2)cc1. The summed E-state index contributed by atoms with van der Waals surface area (Å²) >= 11 is 0. The molecule has 1 aliphatic rings. The van der Waals surface area contributed by atoms with Crippen molar-refractivity contribution in [3.8, 4) is 0 Å². The summed E-state index contributed by atoms with van der Waals surface area (Å²) in [4.78, 5) is 6.66. The van der Waals surface area contributed by atoms with Gasteiger partial charge in [-0.15, -0.1) is 0 Å². The Bertz CT molecular complexity index is 1120. The van der Waals surface area contributed by atoms with Crippen molar-refractivity contribution in [2.24, 2.45) is 5.92 Å². The monoisotopic (exact) mass is 464 g/mol. The van der Waals surface area contributed by atoms with Gasteiger partial charge in [-0.25, -0.2) is 13.4 Å². The fraction of sp³-hybridized carbons (Fsp3) is 0.346. The summed E-state index contributed by atoms with van der Waals surface area (Å²) in [5, 5.41) is 3.26. The van der Waals surface area contributed by atoms with Gasteiger partial charge in [0.1, 0.15) is 10.7 Å². The van der Waals surface area contributed by atoms with E-state index in [1.54, 1.807) is 16.4 Å². The molecule has 0 bridgehead atoms.